The SMILES string of the molecule is CC1(O)CCCN(S(=O)(=O)c2ccc(F)c(C#N)c2)CC1. The average molecular weight is 312 g/mol. The van der Waals surface area contributed by atoms with Gasteiger partial charge in [-0.25, -0.2) is 12.8 Å². The fourth-order valence-corrected chi connectivity index (χ4v) is 3.88. The third kappa shape index (κ3) is 3.40. The lowest BCUT2D eigenvalue weighted by Crippen LogP contribution is -2.33. The Kier molecular flexibility index (Phi) is 4.33. The molecule has 21 heavy (non-hydrogen) atoms. The third-order valence-corrected chi connectivity index (χ3v) is 5.61. The Morgan fingerprint density at radius 3 is 2.76 bits per heavy atom. The summed E-state index contributed by atoms with van der Waals surface area (Å²) >= 11 is 0. The van der Waals surface area contributed by atoms with Gasteiger partial charge in [-0.2, -0.15) is 9.57 Å². The van der Waals surface area contributed by atoms with Crippen molar-refractivity contribution in [3.63, 3.8) is 0 Å². The van der Waals surface area contributed by atoms with Crippen LogP contribution in [0.1, 0.15) is 31.7 Å². The molecule has 1 aromatic carbocycles. The second-order valence-electron chi connectivity index (χ2n) is 5.51. The van der Waals surface area contributed by atoms with Crippen molar-refractivity contribution in [3.8, 4) is 6.07 Å². The van der Waals surface area contributed by atoms with Crippen molar-refractivity contribution in [1.82, 2.24) is 4.31 Å². The van der Waals surface area contributed by atoms with Gasteiger partial charge in [-0.1, -0.05) is 0 Å². The van der Waals surface area contributed by atoms with E-state index in [1.807, 2.05) is 0 Å². The molecule has 0 spiro atoms. The summed E-state index contributed by atoms with van der Waals surface area (Å²) in [6.45, 7) is 2.20. The Bertz CT molecular complexity index is 680. The van der Waals surface area contributed by atoms with Crippen molar-refractivity contribution < 1.29 is 17.9 Å². The summed E-state index contributed by atoms with van der Waals surface area (Å²) in [7, 11) is -3.78. The third-order valence-electron chi connectivity index (χ3n) is 3.72. The quantitative estimate of drug-likeness (QED) is 0.900. The summed E-state index contributed by atoms with van der Waals surface area (Å²) in [5.41, 5.74) is -1.16. The molecule has 1 unspecified atom stereocenters. The van der Waals surface area contributed by atoms with Gasteiger partial charge >= 0.3 is 0 Å². The van der Waals surface area contributed by atoms with E-state index in [2.05, 4.69) is 0 Å². The first-order valence-electron chi connectivity index (χ1n) is 6.68. The number of nitrogens with zero attached hydrogens (tertiary/aromatic N) is 2. The largest absolute Gasteiger partial charge is 0.390 e. The molecule has 5 nitrogen and oxygen atoms in total. The van der Waals surface area contributed by atoms with Crippen molar-refractivity contribution in [2.45, 2.75) is 36.7 Å². The molecule has 1 saturated heterocycles. The zero-order chi connectivity index (χ0) is 15.7. The highest BCUT2D eigenvalue weighted by atomic mass is 32.2. The summed E-state index contributed by atoms with van der Waals surface area (Å²) in [5, 5.41) is 18.8. The van der Waals surface area contributed by atoms with Crippen molar-refractivity contribution >= 4 is 10.0 Å². The standard InChI is InChI=1S/C14H17FN2O3S/c1-14(18)5-2-7-17(8-6-14)21(19,20)12-3-4-13(15)11(9-12)10-16/h3-4,9,18H,2,5-8H2,1H3. The van der Waals surface area contributed by atoms with Crippen LogP contribution in [0.15, 0.2) is 23.1 Å². The first-order chi connectivity index (χ1) is 9.76. The first kappa shape index (κ1) is 15.9. The van der Waals surface area contributed by atoms with Gasteiger partial charge in [0.25, 0.3) is 0 Å². The van der Waals surface area contributed by atoms with Crippen LogP contribution in [0.25, 0.3) is 0 Å². The van der Waals surface area contributed by atoms with Crippen LogP contribution >= 0.6 is 0 Å². The fraction of sp³-hybridized carbons (Fsp3) is 0.500. The van der Waals surface area contributed by atoms with Crippen LogP contribution in [0.4, 0.5) is 4.39 Å². The molecule has 1 aliphatic rings. The smallest absolute Gasteiger partial charge is 0.243 e. The molecule has 0 saturated carbocycles. The van der Waals surface area contributed by atoms with Crippen LogP contribution in [0.3, 0.4) is 0 Å². The second-order valence-corrected chi connectivity index (χ2v) is 7.45. The van der Waals surface area contributed by atoms with E-state index in [0.717, 1.165) is 18.2 Å². The van der Waals surface area contributed by atoms with Gasteiger partial charge in [0.2, 0.25) is 10.0 Å². The molecule has 0 amide bonds. The molecule has 1 atom stereocenters. The molecule has 0 radical (unpaired) electrons. The number of hydrogen-bond donors (Lipinski definition) is 1. The minimum atomic E-state index is -3.78. The number of rotatable bonds is 2. The molecule has 2 rings (SSSR count). The molecule has 1 fully saturated rings. The van der Waals surface area contributed by atoms with Gasteiger partial charge in [0.15, 0.2) is 0 Å². The van der Waals surface area contributed by atoms with E-state index in [0.29, 0.717) is 25.8 Å². The number of benzene rings is 1. The number of nitriles is 1. The molecule has 0 aliphatic carbocycles. The Labute approximate surface area is 123 Å². The van der Waals surface area contributed by atoms with Crippen LogP contribution in [-0.4, -0.2) is 36.5 Å². The topological polar surface area (TPSA) is 81.4 Å². The summed E-state index contributed by atoms with van der Waals surface area (Å²) in [5.74, 6) is -0.741. The maximum absolute atomic E-state index is 13.3. The van der Waals surface area contributed by atoms with Gasteiger partial charge in [-0.15, -0.1) is 0 Å². The highest BCUT2D eigenvalue weighted by molar-refractivity contribution is 7.89. The zero-order valence-electron chi connectivity index (χ0n) is 11.7. The molecular formula is C14H17FN2O3S. The van der Waals surface area contributed by atoms with Gasteiger partial charge in [-0.3, -0.25) is 0 Å². The van der Waals surface area contributed by atoms with Crippen LogP contribution < -0.4 is 0 Å². The molecule has 1 heterocycles. The number of aliphatic hydroxyl groups is 1. The van der Waals surface area contributed by atoms with Crippen LogP contribution in [0, 0.1) is 17.1 Å². The second kappa shape index (κ2) is 5.72. The van der Waals surface area contributed by atoms with E-state index in [1.54, 1.807) is 13.0 Å². The maximum Gasteiger partial charge on any atom is 0.243 e. The minimum absolute atomic E-state index is 0.0954. The fourth-order valence-electron chi connectivity index (χ4n) is 2.38. The van der Waals surface area contributed by atoms with Crippen molar-refractivity contribution in [3.05, 3.63) is 29.6 Å². The Morgan fingerprint density at radius 2 is 2.10 bits per heavy atom. The van der Waals surface area contributed by atoms with Gasteiger partial charge in [0, 0.05) is 13.1 Å². The lowest BCUT2D eigenvalue weighted by molar-refractivity contribution is 0.0465. The van der Waals surface area contributed by atoms with E-state index in [-0.39, 0.29) is 17.0 Å². The van der Waals surface area contributed by atoms with Gasteiger partial charge in [-0.05, 0) is 44.4 Å². The molecule has 0 bridgehead atoms. The minimum Gasteiger partial charge on any atom is -0.390 e. The van der Waals surface area contributed by atoms with E-state index in [9.17, 15) is 17.9 Å². The van der Waals surface area contributed by atoms with Crippen LogP contribution in [-0.2, 0) is 10.0 Å². The lowest BCUT2D eigenvalue weighted by atomic mass is 9.98. The number of hydrogen-bond acceptors (Lipinski definition) is 4. The monoisotopic (exact) mass is 312 g/mol. The lowest BCUT2D eigenvalue weighted by Gasteiger charge is -2.22. The highest BCUT2D eigenvalue weighted by Gasteiger charge is 2.31. The van der Waals surface area contributed by atoms with Gasteiger partial charge in [0.05, 0.1) is 16.1 Å². The summed E-state index contributed by atoms with van der Waals surface area (Å²) in [6, 6.07) is 4.83. The van der Waals surface area contributed by atoms with Crippen LogP contribution in [0.2, 0.25) is 0 Å². The predicted octanol–water partition coefficient (Wildman–Crippen LogP) is 1.62. The molecule has 1 aliphatic heterocycles. The van der Waals surface area contributed by atoms with Crippen LogP contribution in [0.5, 0.6) is 0 Å². The molecule has 0 aromatic heterocycles. The number of halogens is 1. The predicted molar refractivity (Wildman–Crippen MR) is 74.3 cm³/mol. The summed E-state index contributed by atoms with van der Waals surface area (Å²) < 4.78 is 39.7. The van der Waals surface area contributed by atoms with Crippen molar-refractivity contribution in [1.29, 1.82) is 5.26 Å². The van der Waals surface area contributed by atoms with E-state index < -0.39 is 21.4 Å². The van der Waals surface area contributed by atoms with Crippen molar-refractivity contribution in [2.24, 2.45) is 0 Å². The van der Waals surface area contributed by atoms with E-state index in [4.69, 9.17) is 5.26 Å². The normalized spacial score (nSPS) is 24.3. The summed E-state index contributed by atoms with van der Waals surface area (Å²) in [6.07, 6.45) is 1.43. The first-order valence-corrected chi connectivity index (χ1v) is 8.12. The summed E-state index contributed by atoms with van der Waals surface area (Å²) in [4.78, 5) is -0.0954. The molecule has 1 aromatic rings. The van der Waals surface area contributed by atoms with Crippen molar-refractivity contribution in [2.75, 3.05) is 13.1 Å². The Balaban J connectivity index is 2.32. The Morgan fingerprint density at radius 1 is 1.38 bits per heavy atom. The van der Waals surface area contributed by atoms with E-state index >= 15 is 0 Å². The van der Waals surface area contributed by atoms with E-state index in [1.165, 1.54) is 4.31 Å². The molecule has 114 valence electrons. The van der Waals surface area contributed by atoms with Gasteiger partial charge in [0.1, 0.15) is 11.9 Å². The van der Waals surface area contributed by atoms with Gasteiger partial charge < -0.3 is 5.11 Å². The molecular weight excluding hydrogens is 295 g/mol. The number of sulfonamides is 1. The Hall–Kier alpha value is -1.49. The highest BCUT2D eigenvalue weighted by Crippen LogP contribution is 2.26. The zero-order valence-corrected chi connectivity index (χ0v) is 12.5. The maximum atomic E-state index is 13.3. The average Bonchev–Trinajstić information content (AvgIpc) is 2.60. The molecule has 7 heteroatoms. The molecule has 1 N–H and O–H groups in total.